The first-order valence-corrected chi connectivity index (χ1v) is 5.95. The smallest absolute Gasteiger partial charge is 0.212 e. The molecule has 0 aromatic heterocycles. The summed E-state index contributed by atoms with van der Waals surface area (Å²) in [6.45, 7) is 0.411. The van der Waals surface area contributed by atoms with E-state index in [4.69, 9.17) is 0 Å². The topological polar surface area (TPSA) is 46.2 Å². The van der Waals surface area contributed by atoms with E-state index in [0.29, 0.717) is 6.54 Å². The minimum atomic E-state index is -3.10. The molecule has 14 heavy (non-hydrogen) atoms. The molecule has 0 bridgehead atoms. The largest absolute Gasteiger partial charge is 0.215 e. The third kappa shape index (κ3) is 1.93. The Morgan fingerprint density at radius 3 is 2.43 bits per heavy atom. The fraction of sp³-hybridized carbons (Fsp3) is 0.333. The van der Waals surface area contributed by atoms with Gasteiger partial charge in [-0.3, -0.25) is 0 Å². The molecule has 1 aromatic carbocycles. The van der Waals surface area contributed by atoms with Gasteiger partial charge in [0.25, 0.3) is 0 Å². The zero-order valence-corrected chi connectivity index (χ0v) is 8.22. The third-order valence-electron chi connectivity index (χ3n) is 2.31. The normalized spacial score (nSPS) is 25.1. The molecule has 2 rings (SSSR count). The highest BCUT2D eigenvalue weighted by atomic mass is 32.2. The van der Waals surface area contributed by atoms with Gasteiger partial charge in [0.2, 0.25) is 10.0 Å². The molecule has 1 N–H and O–H groups in total. The molecule has 0 aliphatic carbocycles. The summed E-state index contributed by atoms with van der Waals surface area (Å²) in [5, 5.41) is 0. The zero-order valence-electron chi connectivity index (χ0n) is 7.40. The van der Waals surface area contributed by atoms with E-state index in [0.717, 1.165) is 5.56 Å². The monoisotopic (exact) mass is 215 g/mol. The summed E-state index contributed by atoms with van der Waals surface area (Å²) >= 11 is 0. The van der Waals surface area contributed by atoms with Gasteiger partial charge in [-0.1, -0.05) is 12.1 Å². The van der Waals surface area contributed by atoms with Crippen LogP contribution in [-0.4, -0.2) is 20.7 Å². The number of benzene rings is 1. The molecule has 1 aliphatic rings. The Bertz CT molecular complexity index is 427. The first-order chi connectivity index (χ1) is 6.57. The van der Waals surface area contributed by atoms with Crippen molar-refractivity contribution in [1.82, 2.24) is 4.72 Å². The number of hydrogen-bond donors (Lipinski definition) is 1. The Hall–Kier alpha value is -0.940. The second-order valence-corrected chi connectivity index (χ2v) is 5.23. The van der Waals surface area contributed by atoms with Gasteiger partial charge in [0.1, 0.15) is 5.82 Å². The first kappa shape index (κ1) is 9.61. The van der Waals surface area contributed by atoms with E-state index in [9.17, 15) is 12.8 Å². The van der Waals surface area contributed by atoms with Crippen LogP contribution in [0.2, 0.25) is 0 Å². The minimum Gasteiger partial charge on any atom is -0.215 e. The summed E-state index contributed by atoms with van der Waals surface area (Å²) in [6.07, 6.45) is 0. The van der Waals surface area contributed by atoms with Crippen molar-refractivity contribution in [2.75, 3.05) is 12.3 Å². The van der Waals surface area contributed by atoms with Gasteiger partial charge in [0.05, 0.1) is 5.75 Å². The summed E-state index contributed by atoms with van der Waals surface area (Å²) in [6, 6.07) is 5.95. The lowest BCUT2D eigenvalue weighted by atomic mass is 10.0. The number of nitrogens with one attached hydrogen (secondary N) is 1. The van der Waals surface area contributed by atoms with Crippen molar-refractivity contribution in [3.05, 3.63) is 35.6 Å². The van der Waals surface area contributed by atoms with Crippen LogP contribution in [0.5, 0.6) is 0 Å². The summed E-state index contributed by atoms with van der Waals surface area (Å²) in [5.41, 5.74) is 0.861. The number of rotatable bonds is 1. The van der Waals surface area contributed by atoms with Crippen LogP contribution in [0, 0.1) is 5.82 Å². The van der Waals surface area contributed by atoms with Crippen molar-refractivity contribution in [1.29, 1.82) is 0 Å². The van der Waals surface area contributed by atoms with Crippen molar-refractivity contribution in [2.45, 2.75) is 5.92 Å². The van der Waals surface area contributed by atoms with Crippen molar-refractivity contribution < 1.29 is 12.8 Å². The van der Waals surface area contributed by atoms with Crippen LogP contribution in [0.4, 0.5) is 4.39 Å². The summed E-state index contributed by atoms with van der Waals surface area (Å²) in [5.74, 6) is -0.262. The average Bonchev–Trinajstić information content (AvgIpc) is 2.47. The molecule has 1 unspecified atom stereocenters. The quantitative estimate of drug-likeness (QED) is 0.754. The van der Waals surface area contributed by atoms with E-state index >= 15 is 0 Å². The van der Waals surface area contributed by atoms with E-state index in [1.165, 1.54) is 12.1 Å². The molecule has 1 saturated heterocycles. The molecule has 1 aliphatic heterocycles. The highest BCUT2D eigenvalue weighted by molar-refractivity contribution is 7.89. The molecular weight excluding hydrogens is 205 g/mol. The second-order valence-electron chi connectivity index (χ2n) is 3.38. The third-order valence-corrected chi connectivity index (χ3v) is 3.76. The Balaban J connectivity index is 2.22. The van der Waals surface area contributed by atoms with Crippen molar-refractivity contribution in [3.8, 4) is 0 Å². The van der Waals surface area contributed by atoms with Gasteiger partial charge in [0, 0.05) is 12.5 Å². The standard InChI is InChI=1S/C9H10FNO2S/c10-9-3-1-7(2-4-9)8-5-11-14(12,13)6-8/h1-4,8,11H,5-6H2. The molecule has 3 nitrogen and oxygen atoms in total. The second kappa shape index (κ2) is 3.33. The maximum absolute atomic E-state index is 12.6. The first-order valence-electron chi connectivity index (χ1n) is 4.30. The van der Waals surface area contributed by atoms with Gasteiger partial charge >= 0.3 is 0 Å². The highest BCUT2D eigenvalue weighted by Crippen LogP contribution is 2.21. The number of hydrogen-bond acceptors (Lipinski definition) is 2. The van der Waals surface area contributed by atoms with E-state index in [1.54, 1.807) is 12.1 Å². The molecule has 1 fully saturated rings. The summed E-state index contributed by atoms with van der Waals surface area (Å²) < 4.78 is 37.2. The van der Waals surface area contributed by atoms with Crippen LogP contribution >= 0.6 is 0 Å². The summed E-state index contributed by atoms with van der Waals surface area (Å²) in [4.78, 5) is 0. The van der Waals surface area contributed by atoms with Gasteiger partial charge < -0.3 is 0 Å². The van der Waals surface area contributed by atoms with Crippen LogP contribution in [0.1, 0.15) is 11.5 Å². The van der Waals surface area contributed by atoms with Gasteiger partial charge in [-0.2, -0.15) is 0 Å². The number of halogens is 1. The van der Waals surface area contributed by atoms with E-state index in [1.807, 2.05) is 0 Å². The van der Waals surface area contributed by atoms with Crippen molar-refractivity contribution in [3.63, 3.8) is 0 Å². The lowest BCUT2D eigenvalue weighted by molar-refractivity contribution is 0.594. The van der Waals surface area contributed by atoms with Gasteiger partial charge in [-0.05, 0) is 17.7 Å². The molecule has 1 atom stereocenters. The Morgan fingerprint density at radius 1 is 1.29 bits per heavy atom. The van der Waals surface area contributed by atoms with Crippen LogP contribution < -0.4 is 4.72 Å². The molecule has 76 valence electrons. The lowest BCUT2D eigenvalue weighted by Gasteiger charge is -2.05. The van der Waals surface area contributed by atoms with Crippen LogP contribution in [0.25, 0.3) is 0 Å². The molecule has 0 saturated carbocycles. The fourth-order valence-corrected chi connectivity index (χ4v) is 2.97. The van der Waals surface area contributed by atoms with Crippen molar-refractivity contribution >= 4 is 10.0 Å². The van der Waals surface area contributed by atoms with Gasteiger partial charge in [0.15, 0.2) is 0 Å². The molecule has 0 spiro atoms. The highest BCUT2D eigenvalue weighted by Gasteiger charge is 2.28. The molecular formula is C9H10FNO2S. The average molecular weight is 215 g/mol. The SMILES string of the molecule is O=S1(=O)CC(c2ccc(F)cc2)CN1. The Labute approximate surface area is 82.0 Å². The molecule has 1 aromatic rings. The predicted octanol–water partition coefficient (Wildman–Crippen LogP) is 0.842. The van der Waals surface area contributed by atoms with Gasteiger partial charge in [-0.25, -0.2) is 17.5 Å². The van der Waals surface area contributed by atoms with Crippen LogP contribution in [0.3, 0.4) is 0 Å². The number of sulfonamides is 1. The molecule has 1 heterocycles. The van der Waals surface area contributed by atoms with Crippen LogP contribution in [-0.2, 0) is 10.0 Å². The fourth-order valence-electron chi connectivity index (χ4n) is 1.56. The van der Waals surface area contributed by atoms with Crippen LogP contribution in [0.15, 0.2) is 24.3 Å². The molecule has 5 heteroatoms. The van der Waals surface area contributed by atoms with Crippen molar-refractivity contribution in [2.24, 2.45) is 0 Å². The van der Waals surface area contributed by atoms with E-state index < -0.39 is 10.0 Å². The maximum atomic E-state index is 12.6. The maximum Gasteiger partial charge on any atom is 0.212 e. The lowest BCUT2D eigenvalue weighted by Crippen LogP contribution is -2.15. The molecule has 0 amide bonds. The Kier molecular flexibility index (Phi) is 2.28. The van der Waals surface area contributed by atoms with E-state index in [-0.39, 0.29) is 17.5 Å². The van der Waals surface area contributed by atoms with E-state index in [2.05, 4.69) is 4.72 Å². The molecule has 0 radical (unpaired) electrons. The zero-order chi connectivity index (χ0) is 10.2. The Morgan fingerprint density at radius 2 is 1.93 bits per heavy atom. The van der Waals surface area contributed by atoms with Gasteiger partial charge in [-0.15, -0.1) is 0 Å². The minimum absolute atomic E-state index is 0.0550. The summed E-state index contributed by atoms with van der Waals surface area (Å²) in [7, 11) is -3.10. The predicted molar refractivity (Wildman–Crippen MR) is 50.9 cm³/mol.